The van der Waals surface area contributed by atoms with E-state index < -0.39 is 0 Å². The molecule has 0 radical (unpaired) electrons. The third-order valence-corrected chi connectivity index (χ3v) is 6.17. The van der Waals surface area contributed by atoms with Gasteiger partial charge in [-0.25, -0.2) is 0 Å². The van der Waals surface area contributed by atoms with Crippen molar-refractivity contribution in [3.05, 3.63) is 35.9 Å². The van der Waals surface area contributed by atoms with Crippen LogP contribution in [0.5, 0.6) is 11.5 Å². The number of hydrogen-bond donors (Lipinski definition) is 1. The van der Waals surface area contributed by atoms with Crippen molar-refractivity contribution in [1.29, 1.82) is 0 Å². The maximum absolute atomic E-state index is 10.6. The van der Waals surface area contributed by atoms with E-state index in [0.717, 1.165) is 56.9 Å². The van der Waals surface area contributed by atoms with Gasteiger partial charge in [-0.05, 0) is 48.9 Å². The van der Waals surface area contributed by atoms with Gasteiger partial charge in [-0.15, -0.1) is 6.58 Å². The van der Waals surface area contributed by atoms with Crippen LogP contribution in [0.3, 0.4) is 0 Å². The Hall–Kier alpha value is -1.52. The van der Waals surface area contributed by atoms with Gasteiger partial charge in [-0.1, -0.05) is 6.08 Å². The highest BCUT2D eigenvalue weighted by Crippen LogP contribution is 2.54. The number of methoxy groups -OCH3 is 1. The van der Waals surface area contributed by atoms with E-state index in [1.165, 1.54) is 5.56 Å². The van der Waals surface area contributed by atoms with Crippen molar-refractivity contribution < 1.29 is 14.6 Å². The smallest absolute Gasteiger partial charge is 0.122 e. The lowest BCUT2D eigenvalue weighted by Gasteiger charge is -2.58. The molecule has 1 aromatic carbocycles. The Morgan fingerprint density at radius 2 is 2.39 bits per heavy atom. The lowest BCUT2D eigenvalue weighted by Crippen LogP contribution is -2.63. The number of aromatic hydroxyl groups is 1. The number of phenolic OH excluding ortho intramolecular Hbond substituents is 1. The topological polar surface area (TPSA) is 41.9 Å². The van der Waals surface area contributed by atoms with E-state index in [9.17, 15) is 5.11 Å². The molecule has 1 aliphatic carbocycles. The summed E-state index contributed by atoms with van der Waals surface area (Å²) in [5, 5.41) is 10.6. The molecule has 2 bridgehead atoms. The van der Waals surface area contributed by atoms with Crippen molar-refractivity contribution >= 4 is 0 Å². The molecule has 1 aromatic rings. The van der Waals surface area contributed by atoms with Gasteiger partial charge in [0.15, 0.2) is 0 Å². The first-order valence-corrected chi connectivity index (χ1v) is 8.52. The predicted molar refractivity (Wildman–Crippen MR) is 89.1 cm³/mol. The molecule has 2 saturated heterocycles. The lowest BCUT2D eigenvalue weighted by molar-refractivity contribution is -0.0804. The van der Waals surface area contributed by atoms with E-state index in [2.05, 4.69) is 17.5 Å². The van der Waals surface area contributed by atoms with Crippen molar-refractivity contribution in [2.75, 3.05) is 33.4 Å². The fraction of sp³-hybridized carbons (Fsp3) is 0.579. The molecular formula is C19H25NO3. The molecule has 4 rings (SSSR count). The maximum Gasteiger partial charge on any atom is 0.122 e. The van der Waals surface area contributed by atoms with Crippen molar-refractivity contribution in [2.24, 2.45) is 5.92 Å². The number of rotatable bonds is 3. The summed E-state index contributed by atoms with van der Waals surface area (Å²) in [6.07, 6.45) is 5.07. The Labute approximate surface area is 137 Å². The SMILES string of the molecule is C=CCN1CC[C@]23COCC[C@H]2[C@H]1Cc1c(O)cc(OC)cc13. The zero-order valence-corrected chi connectivity index (χ0v) is 13.8. The van der Waals surface area contributed by atoms with Gasteiger partial charge in [-0.3, -0.25) is 4.90 Å². The van der Waals surface area contributed by atoms with Crippen LogP contribution in [0.4, 0.5) is 0 Å². The largest absolute Gasteiger partial charge is 0.508 e. The number of ether oxygens (including phenoxy) is 2. The highest BCUT2D eigenvalue weighted by molar-refractivity contribution is 5.52. The zero-order valence-electron chi connectivity index (χ0n) is 13.8. The molecule has 0 spiro atoms. The summed E-state index contributed by atoms with van der Waals surface area (Å²) in [6, 6.07) is 4.35. The third kappa shape index (κ3) is 2.12. The Morgan fingerprint density at radius 1 is 1.52 bits per heavy atom. The van der Waals surface area contributed by atoms with Crippen LogP contribution in [-0.4, -0.2) is 49.5 Å². The zero-order chi connectivity index (χ0) is 16.0. The van der Waals surface area contributed by atoms with Crippen molar-refractivity contribution in [2.45, 2.75) is 30.7 Å². The minimum atomic E-state index is 0.0280. The van der Waals surface area contributed by atoms with Crippen LogP contribution in [-0.2, 0) is 16.6 Å². The van der Waals surface area contributed by atoms with Crippen LogP contribution in [0.1, 0.15) is 24.0 Å². The van der Waals surface area contributed by atoms with E-state index in [-0.39, 0.29) is 5.41 Å². The highest BCUT2D eigenvalue weighted by atomic mass is 16.5. The van der Waals surface area contributed by atoms with Gasteiger partial charge < -0.3 is 14.6 Å². The van der Waals surface area contributed by atoms with Crippen LogP contribution in [0.15, 0.2) is 24.8 Å². The Bertz CT molecular complexity index is 629. The molecule has 0 unspecified atom stereocenters. The first-order valence-electron chi connectivity index (χ1n) is 8.52. The number of hydrogen-bond acceptors (Lipinski definition) is 4. The number of piperidine rings is 1. The molecule has 3 atom stereocenters. The molecule has 0 amide bonds. The number of likely N-dealkylation sites (tertiary alicyclic amines) is 1. The van der Waals surface area contributed by atoms with E-state index in [1.807, 2.05) is 6.08 Å². The van der Waals surface area contributed by atoms with Crippen LogP contribution in [0.2, 0.25) is 0 Å². The Morgan fingerprint density at radius 3 is 3.17 bits per heavy atom. The summed E-state index contributed by atoms with van der Waals surface area (Å²) in [6.45, 7) is 7.50. The van der Waals surface area contributed by atoms with Gasteiger partial charge in [0.05, 0.1) is 13.7 Å². The second-order valence-corrected chi connectivity index (χ2v) is 7.08. The maximum atomic E-state index is 10.6. The number of phenols is 1. The Kier molecular flexibility index (Phi) is 3.62. The van der Waals surface area contributed by atoms with E-state index in [4.69, 9.17) is 9.47 Å². The summed E-state index contributed by atoms with van der Waals surface area (Å²) in [5.74, 6) is 1.70. The second kappa shape index (κ2) is 5.53. The normalized spacial score (nSPS) is 32.7. The molecule has 2 fully saturated rings. The molecule has 2 heterocycles. The molecule has 2 aliphatic heterocycles. The van der Waals surface area contributed by atoms with E-state index in [0.29, 0.717) is 17.7 Å². The Balaban J connectivity index is 1.86. The number of fused-ring (bicyclic) bond motifs is 1. The van der Waals surface area contributed by atoms with Gasteiger partial charge in [0.1, 0.15) is 11.5 Å². The van der Waals surface area contributed by atoms with Crippen molar-refractivity contribution in [1.82, 2.24) is 4.90 Å². The fourth-order valence-corrected chi connectivity index (χ4v) is 5.12. The molecule has 23 heavy (non-hydrogen) atoms. The van der Waals surface area contributed by atoms with Gasteiger partial charge in [0, 0.05) is 30.7 Å². The van der Waals surface area contributed by atoms with Gasteiger partial charge in [-0.2, -0.15) is 0 Å². The minimum Gasteiger partial charge on any atom is -0.508 e. The summed E-state index contributed by atoms with van der Waals surface area (Å²) in [4.78, 5) is 2.54. The van der Waals surface area contributed by atoms with Gasteiger partial charge in [0.25, 0.3) is 0 Å². The number of nitrogens with zero attached hydrogens (tertiary/aromatic N) is 1. The number of benzene rings is 1. The summed E-state index contributed by atoms with van der Waals surface area (Å²) >= 11 is 0. The fourth-order valence-electron chi connectivity index (χ4n) is 5.12. The second-order valence-electron chi connectivity index (χ2n) is 7.08. The highest BCUT2D eigenvalue weighted by Gasteiger charge is 2.55. The molecule has 4 heteroatoms. The van der Waals surface area contributed by atoms with Crippen LogP contribution < -0.4 is 4.74 Å². The molecule has 0 aromatic heterocycles. The molecule has 124 valence electrons. The first-order chi connectivity index (χ1) is 11.2. The molecular weight excluding hydrogens is 290 g/mol. The monoisotopic (exact) mass is 315 g/mol. The van der Waals surface area contributed by atoms with E-state index in [1.54, 1.807) is 13.2 Å². The van der Waals surface area contributed by atoms with Crippen LogP contribution >= 0.6 is 0 Å². The van der Waals surface area contributed by atoms with E-state index >= 15 is 0 Å². The predicted octanol–water partition coefficient (Wildman–Crippen LogP) is 2.49. The van der Waals surface area contributed by atoms with Crippen molar-refractivity contribution in [3.8, 4) is 11.5 Å². The lowest BCUT2D eigenvalue weighted by atomic mass is 9.56. The third-order valence-electron chi connectivity index (χ3n) is 6.17. The molecule has 0 saturated carbocycles. The molecule has 3 aliphatic rings. The average Bonchev–Trinajstić information content (AvgIpc) is 2.58. The summed E-state index contributed by atoms with van der Waals surface area (Å²) in [7, 11) is 1.66. The van der Waals surface area contributed by atoms with Crippen molar-refractivity contribution in [3.63, 3.8) is 0 Å². The summed E-state index contributed by atoms with van der Waals surface area (Å²) < 4.78 is 11.3. The first kappa shape index (κ1) is 15.0. The average molecular weight is 315 g/mol. The molecule has 1 N–H and O–H groups in total. The van der Waals surface area contributed by atoms with Gasteiger partial charge >= 0.3 is 0 Å². The quantitative estimate of drug-likeness (QED) is 0.870. The summed E-state index contributed by atoms with van der Waals surface area (Å²) in [5.41, 5.74) is 2.38. The van der Waals surface area contributed by atoms with Crippen LogP contribution in [0, 0.1) is 5.92 Å². The molecule has 4 nitrogen and oxygen atoms in total. The van der Waals surface area contributed by atoms with Crippen LogP contribution in [0.25, 0.3) is 0 Å². The minimum absolute atomic E-state index is 0.0280. The van der Waals surface area contributed by atoms with Gasteiger partial charge in [0.2, 0.25) is 0 Å². The standard InChI is InChI=1S/C19H25NO3/c1-3-6-20-7-5-19-12-23-8-4-15(19)17(20)11-14-16(19)9-13(22-2)10-18(14)21/h3,9-10,15,17,21H,1,4-8,11-12H2,2H3/t15-,17+,19-/m0/s1.